The van der Waals surface area contributed by atoms with E-state index in [4.69, 9.17) is 21.1 Å². The Morgan fingerprint density at radius 3 is 2.53 bits per heavy atom. The number of rotatable bonds is 6. The molecule has 1 aliphatic rings. The topological polar surface area (TPSA) is 106 Å². The van der Waals surface area contributed by atoms with E-state index >= 15 is 4.39 Å². The number of ether oxygens (including phenoxy) is 2. The number of benzene rings is 1. The average molecular weight is 614 g/mol. The molecule has 1 aliphatic heterocycles. The lowest BCUT2D eigenvalue weighted by Crippen LogP contribution is -2.48. The molecule has 0 saturated carbocycles. The predicted molar refractivity (Wildman–Crippen MR) is 164 cm³/mol. The third-order valence-electron chi connectivity index (χ3n) is 7.50. The number of piperidine rings is 1. The van der Waals surface area contributed by atoms with Crippen LogP contribution in [0.4, 0.5) is 20.6 Å². The van der Waals surface area contributed by atoms with Gasteiger partial charge in [-0.05, 0) is 53.5 Å². The zero-order valence-corrected chi connectivity index (χ0v) is 26.3. The summed E-state index contributed by atoms with van der Waals surface area (Å²) in [5.74, 6) is -1.37. The van der Waals surface area contributed by atoms with Crippen molar-refractivity contribution in [3.05, 3.63) is 46.8 Å². The molecule has 1 fully saturated rings. The molecule has 0 aliphatic carbocycles. The van der Waals surface area contributed by atoms with E-state index < -0.39 is 17.3 Å². The van der Waals surface area contributed by atoms with E-state index in [0.29, 0.717) is 30.8 Å². The molecule has 0 spiro atoms. The highest BCUT2D eigenvalue weighted by Gasteiger charge is 2.32. The van der Waals surface area contributed by atoms with Gasteiger partial charge in [0.2, 0.25) is 5.82 Å². The Balaban J connectivity index is 1.42. The average Bonchev–Trinajstić information content (AvgIpc) is 3.49. The lowest BCUT2D eigenvalue weighted by molar-refractivity contribution is 0.0149. The molecule has 11 nitrogen and oxygen atoms in total. The first kappa shape index (κ1) is 30.4. The maximum absolute atomic E-state index is 15.2. The third kappa shape index (κ3) is 5.93. The molecular formula is C30H37ClFN7O4. The molecule has 0 bridgehead atoms. The zero-order valence-electron chi connectivity index (χ0n) is 25.5. The number of pyridine rings is 1. The Bertz CT molecular complexity index is 1700. The predicted octanol–water partition coefficient (Wildman–Crippen LogP) is 5.81. The van der Waals surface area contributed by atoms with Gasteiger partial charge in [0.25, 0.3) is 5.91 Å². The van der Waals surface area contributed by atoms with Crippen molar-refractivity contribution >= 4 is 51.5 Å². The highest BCUT2D eigenvalue weighted by Crippen LogP contribution is 2.37. The number of nitrogens with one attached hydrogen (secondary N) is 1. The minimum absolute atomic E-state index is 0.0491. The number of carbonyl (C=O) groups excluding carboxylic acids is 2. The normalized spacial score (nSPS) is 14.4. The van der Waals surface area contributed by atoms with E-state index in [9.17, 15) is 9.59 Å². The van der Waals surface area contributed by atoms with Crippen molar-refractivity contribution in [3.8, 4) is 5.75 Å². The number of fused-ring (bicyclic) bond motifs is 2. The Kier molecular flexibility index (Phi) is 8.17. The van der Waals surface area contributed by atoms with Crippen LogP contribution < -0.4 is 15.0 Å². The highest BCUT2D eigenvalue weighted by atomic mass is 35.5. The largest absolute Gasteiger partial charge is 0.491 e. The van der Waals surface area contributed by atoms with Crippen molar-refractivity contribution in [2.45, 2.75) is 59.1 Å². The Labute approximate surface area is 254 Å². The standard InChI is InChI=1S/C30H37ClFN7O4/c1-8-39(29(41)43-30(3,4)5)18-9-11-37(12-10-18)22-13-20(31)23(25-19(22)15-36(6)35-25)28(40)34-21-16-38-14-17(2)33-27(38)24(32)26(21)42-7/h13-16,18H,8-12H2,1-7H3,(H,34,40). The summed E-state index contributed by atoms with van der Waals surface area (Å²) >= 11 is 6.78. The Hall–Kier alpha value is -4.06. The molecule has 0 radical (unpaired) electrons. The van der Waals surface area contributed by atoms with E-state index in [1.54, 1.807) is 42.0 Å². The van der Waals surface area contributed by atoms with Gasteiger partial charge in [0, 0.05) is 62.4 Å². The second kappa shape index (κ2) is 11.6. The summed E-state index contributed by atoms with van der Waals surface area (Å²) in [4.78, 5) is 34.7. The zero-order chi connectivity index (χ0) is 31.2. The smallest absolute Gasteiger partial charge is 0.410 e. The molecule has 230 valence electrons. The Morgan fingerprint density at radius 2 is 1.91 bits per heavy atom. The first-order chi connectivity index (χ1) is 20.3. The van der Waals surface area contributed by atoms with Gasteiger partial charge in [-0.3, -0.25) is 9.48 Å². The van der Waals surface area contributed by atoms with Gasteiger partial charge in [-0.1, -0.05) is 11.6 Å². The molecule has 1 aromatic carbocycles. The van der Waals surface area contributed by atoms with Gasteiger partial charge < -0.3 is 29.0 Å². The number of anilines is 2. The fourth-order valence-electron chi connectivity index (χ4n) is 5.66. The molecule has 3 aromatic heterocycles. The number of halogens is 2. The molecule has 4 aromatic rings. The van der Waals surface area contributed by atoms with Crippen LogP contribution in [-0.2, 0) is 11.8 Å². The van der Waals surface area contributed by atoms with Gasteiger partial charge in [-0.2, -0.15) is 9.49 Å². The number of methoxy groups -OCH3 is 1. The summed E-state index contributed by atoms with van der Waals surface area (Å²) in [6, 6.07) is 1.82. The number of hydrogen-bond donors (Lipinski definition) is 1. The molecule has 2 amide bonds. The summed E-state index contributed by atoms with van der Waals surface area (Å²) in [6.07, 6.45) is 6.24. The summed E-state index contributed by atoms with van der Waals surface area (Å²) < 4.78 is 29.2. The molecule has 4 heterocycles. The van der Waals surface area contributed by atoms with Crippen LogP contribution in [0.5, 0.6) is 5.75 Å². The van der Waals surface area contributed by atoms with E-state index in [-0.39, 0.29) is 39.8 Å². The fraction of sp³-hybridized carbons (Fsp3) is 0.467. The maximum atomic E-state index is 15.2. The second-order valence-electron chi connectivity index (χ2n) is 11.8. The van der Waals surface area contributed by atoms with Gasteiger partial charge in [0.05, 0.1) is 23.4 Å². The first-order valence-electron chi connectivity index (χ1n) is 14.2. The van der Waals surface area contributed by atoms with Crippen molar-refractivity contribution in [1.29, 1.82) is 0 Å². The number of aromatic nitrogens is 4. The van der Waals surface area contributed by atoms with Crippen LogP contribution in [0, 0.1) is 12.7 Å². The maximum Gasteiger partial charge on any atom is 0.410 e. The molecular weight excluding hydrogens is 577 g/mol. The monoisotopic (exact) mass is 613 g/mol. The van der Waals surface area contributed by atoms with Crippen LogP contribution in [0.3, 0.4) is 0 Å². The SMILES string of the molecule is CCN(C(=O)OC(C)(C)C)C1CCN(c2cc(Cl)c(C(=O)Nc3cn4cc(C)nc4c(F)c3OC)c3nn(C)cc23)CC1. The van der Waals surface area contributed by atoms with Crippen molar-refractivity contribution in [3.63, 3.8) is 0 Å². The van der Waals surface area contributed by atoms with Gasteiger partial charge >= 0.3 is 6.09 Å². The van der Waals surface area contributed by atoms with Crippen LogP contribution in [0.1, 0.15) is 56.6 Å². The number of carbonyl (C=O) groups is 2. The van der Waals surface area contributed by atoms with Crippen molar-refractivity contribution in [1.82, 2.24) is 24.1 Å². The van der Waals surface area contributed by atoms with Gasteiger partial charge in [0.15, 0.2) is 11.4 Å². The lowest BCUT2D eigenvalue weighted by atomic mass is 10.0. The molecule has 0 atom stereocenters. The lowest BCUT2D eigenvalue weighted by Gasteiger charge is -2.39. The molecule has 5 rings (SSSR count). The number of hydrogen-bond acceptors (Lipinski definition) is 7. The van der Waals surface area contributed by atoms with Gasteiger partial charge in [-0.15, -0.1) is 0 Å². The quantitative estimate of drug-likeness (QED) is 0.293. The molecule has 43 heavy (non-hydrogen) atoms. The van der Waals surface area contributed by atoms with Crippen molar-refractivity contribution < 1.29 is 23.5 Å². The molecule has 1 saturated heterocycles. The van der Waals surface area contributed by atoms with Crippen LogP contribution in [0.25, 0.3) is 16.6 Å². The molecule has 13 heteroatoms. The summed E-state index contributed by atoms with van der Waals surface area (Å²) in [5.41, 5.74) is 1.73. The summed E-state index contributed by atoms with van der Waals surface area (Å²) in [6.45, 7) is 11.2. The van der Waals surface area contributed by atoms with Crippen LogP contribution in [0.2, 0.25) is 5.02 Å². The Morgan fingerprint density at radius 1 is 1.21 bits per heavy atom. The van der Waals surface area contributed by atoms with E-state index in [2.05, 4.69) is 20.3 Å². The van der Waals surface area contributed by atoms with Crippen molar-refractivity contribution in [2.24, 2.45) is 7.05 Å². The summed E-state index contributed by atoms with van der Waals surface area (Å²) in [5, 5.41) is 8.31. The fourth-order valence-corrected chi connectivity index (χ4v) is 5.94. The van der Waals surface area contributed by atoms with Gasteiger partial charge in [-0.25, -0.2) is 9.78 Å². The minimum atomic E-state index is -0.686. The molecule has 1 N–H and O–H groups in total. The second-order valence-corrected chi connectivity index (χ2v) is 12.2. The number of aryl methyl sites for hydroxylation is 2. The molecule has 0 unspecified atom stereocenters. The number of amides is 2. The minimum Gasteiger partial charge on any atom is -0.491 e. The van der Waals surface area contributed by atoms with E-state index in [1.807, 2.05) is 33.9 Å². The highest BCUT2D eigenvalue weighted by molar-refractivity contribution is 6.37. The van der Waals surface area contributed by atoms with E-state index in [0.717, 1.165) is 23.9 Å². The number of imidazole rings is 1. The van der Waals surface area contributed by atoms with Crippen LogP contribution in [0.15, 0.2) is 24.7 Å². The van der Waals surface area contributed by atoms with Crippen LogP contribution >= 0.6 is 11.6 Å². The van der Waals surface area contributed by atoms with Crippen LogP contribution in [-0.4, -0.2) is 74.5 Å². The van der Waals surface area contributed by atoms with E-state index in [1.165, 1.54) is 11.5 Å². The first-order valence-corrected chi connectivity index (χ1v) is 14.6. The van der Waals surface area contributed by atoms with Crippen molar-refractivity contribution in [2.75, 3.05) is 37.0 Å². The third-order valence-corrected chi connectivity index (χ3v) is 7.80. The van der Waals surface area contributed by atoms with Gasteiger partial charge in [0.1, 0.15) is 16.8 Å². The summed E-state index contributed by atoms with van der Waals surface area (Å²) in [7, 11) is 3.11. The number of nitrogens with zero attached hydrogens (tertiary/aromatic N) is 6.